The van der Waals surface area contributed by atoms with Crippen LogP contribution in [0.3, 0.4) is 0 Å². The van der Waals surface area contributed by atoms with Gasteiger partial charge in [0.1, 0.15) is 0 Å². The minimum atomic E-state index is -0.609. The molecule has 0 bridgehead atoms. The molecule has 21 heavy (non-hydrogen) atoms. The summed E-state index contributed by atoms with van der Waals surface area (Å²) in [6.45, 7) is 8.62. The number of fused-ring (bicyclic) bond motifs is 1. The summed E-state index contributed by atoms with van der Waals surface area (Å²) >= 11 is 0. The van der Waals surface area contributed by atoms with Gasteiger partial charge in [0.05, 0.1) is 17.8 Å². The second-order valence-electron chi connectivity index (χ2n) is 7.55. The van der Waals surface area contributed by atoms with Crippen molar-refractivity contribution in [1.82, 2.24) is 0 Å². The third kappa shape index (κ3) is 2.76. The molecule has 2 nitrogen and oxygen atoms in total. The fourth-order valence-electron chi connectivity index (χ4n) is 4.48. The van der Waals surface area contributed by atoms with Crippen molar-refractivity contribution in [1.29, 1.82) is 0 Å². The van der Waals surface area contributed by atoms with Crippen LogP contribution < -0.4 is 0 Å². The SMILES string of the molecule is Cc1cccc(C)c1[C@H]1C[C@@](C)(O)[C@H]2CC[C@H](C)C[C@H]2O1. The smallest absolute Gasteiger partial charge is 0.0861 e. The molecule has 0 spiro atoms. The summed E-state index contributed by atoms with van der Waals surface area (Å²) in [5, 5.41) is 11.0. The molecule has 3 rings (SSSR count). The molecule has 116 valence electrons. The van der Waals surface area contributed by atoms with Gasteiger partial charge in [-0.15, -0.1) is 0 Å². The Bertz CT molecular complexity index is 500. The molecule has 1 saturated heterocycles. The first-order valence-corrected chi connectivity index (χ1v) is 8.32. The van der Waals surface area contributed by atoms with E-state index in [2.05, 4.69) is 39.0 Å². The minimum absolute atomic E-state index is 0.0350. The average molecular weight is 288 g/mol. The summed E-state index contributed by atoms with van der Waals surface area (Å²) in [5.41, 5.74) is 3.23. The van der Waals surface area contributed by atoms with Gasteiger partial charge in [-0.1, -0.05) is 31.5 Å². The molecular weight excluding hydrogens is 260 g/mol. The highest BCUT2D eigenvalue weighted by atomic mass is 16.5. The number of benzene rings is 1. The van der Waals surface area contributed by atoms with E-state index < -0.39 is 5.60 Å². The van der Waals surface area contributed by atoms with E-state index in [9.17, 15) is 5.11 Å². The van der Waals surface area contributed by atoms with Crippen LogP contribution in [0.25, 0.3) is 0 Å². The average Bonchev–Trinajstić information content (AvgIpc) is 2.36. The Hall–Kier alpha value is -0.860. The summed E-state index contributed by atoms with van der Waals surface area (Å²) in [6, 6.07) is 6.40. The summed E-state index contributed by atoms with van der Waals surface area (Å²) in [6.07, 6.45) is 4.36. The van der Waals surface area contributed by atoms with Crippen molar-refractivity contribution in [2.24, 2.45) is 11.8 Å². The molecule has 5 atom stereocenters. The van der Waals surface area contributed by atoms with Gasteiger partial charge in [-0.25, -0.2) is 0 Å². The monoisotopic (exact) mass is 288 g/mol. The largest absolute Gasteiger partial charge is 0.390 e. The highest BCUT2D eigenvalue weighted by Gasteiger charge is 2.48. The topological polar surface area (TPSA) is 29.5 Å². The second-order valence-corrected chi connectivity index (χ2v) is 7.55. The van der Waals surface area contributed by atoms with Crippen LogP contribution in [-0.4, -0.2) is 16.8 Å². The maximum Gasteiger partial charge on any atom is 0.0861 e. The van der Waals surface area contributed by atoms with Crippen molar-refractivity contribution in [3.05, 3.63) is 34.9 Å². The molecule has 0 unspecified atom stereocenters. The Kier molecular flexibility index (Phi) is 3.87. The fraction of sp³-hybridized carbons (Fsp3) is 0.684. The van der Waals surface area contributed by atoms with Gasteiger partial charge in [-0.2, -0.15) is 0 Å². The molecule has 1 aliphatic heterocycles. The van der Waals surface area contributed by atoms with Crippen molar-refractivity contribution in [3.8, 4) is 0 Å². The molecule has 0 amide bonds. The molecule has 1 N–H and O–H groups in total. The Balaban J connectivity index is 1.92. The molecule has 1 aromatic rings. The molecule has 1 aromatic carbocycles. The van der Waals surface area contributed by atoms with E-state index in [-0.39, 0.29) is 12.2 Å². The van der Waals surface area contributed by atoms with Crippen LogP contribution in [0.1, 0.15) is 62.3 Å². The predicted octanol–water partition coefficient (Wildman–Crippen LogP) is 4.32. The number of aryl methyl sites for hydroxylation is 2. The van der Waals surface area contributed by atoms with Crippen LogP contribution >= 0.6 is 0 Å². The number of hydrogen-bond donors (Lipinski definition) is 1. The van der Waals surface area contributed by atoms with Gasteiger partial charge in [0, 0.05) is 12.3 Å². The lowest BCUT2D eigenvalue weighted by molar-refractivity contribution is -0.198. The molecule has 1 aliphatic carbocycles. The molecule has 2 fully saturated rings. The van der Waals surface area contributed by atoms with Gasteiger partial charge in [0.25, 0.3) is 0 Å². The maximum absolute atomic E-state index is 11.0. The van der Waals surface area contributed by atoms with Gasteiger partial charge in [-0.3, -0.25) is 0 Å². The fourth-order valence-corrected chi connectivity index (χ4v) is 4.48. The van der Waals surface area contributed by atoms with Crippen LogP contribution in [0.15, 0.2) is 18.2 Å². The highest BCUT2D eigenvalue weighted by molar-refractivity contribution is 5.36. The third-order valence-corrected chi connectivity index (χ3v) is 5.65. The van der Waals surface area contributed by atoms with Crippen molar-refractivity contribution in [2.75, 3.05) is 0 Å². The first-order valence-electron chi connectivity index (χ1n) is 8.32. The molecule has 0 aromatic heterocycles. The number of rotatable bonds is 1. The molecule has 2 aliphatic rings. The number of aliphatic hydroxyl groups is 1. The first-order chi connectivity index (χ1) is 9.88. The highest BCUT2D eigenvalue weighted by Crippen LogP contribution is 2.48. The quantitative estimate of drug-likeness (QED) is 0.834. The summed E-state index contributed by atoms with van der Waals surface area (Å²) in [7, 11) is 0. The van der Waals surface area contributed by atoms with Crippen LogP contribution in [0.5, 0.6) is 0 Å². The second kappa shape index (κ2) is 5.40. The molecule has 2 heteroatoms. The standard InChI is InChI=1S/C19H28O2/c1-12-8-9-15-16(10-12)21-17(11-19(15,4)20)18-13(2)6-5-7-14(18)3/h5-7,12,15-17,20H,8-11H2,1-4H3/t12-,15-,16+,17+,19+/m0/s1. The maximum atomic E-state index is 11.0. The van der Waals surface area contributed by atoms with Gasteiger partial charge in [-0.05, 0) is 56.2 Å². The van der Waals surface area contributed by atoms with E-state index >= 15 is 0 Å². The Morgan fingerprint density at radius 1 is 1.19 bits per heavy atom. The van der Waals surface area contributed by atoms with Crippen LogP contribution in [0.4, 0.5) is 0 Å². The van der Waals surface area contributed by atoms with Gasteiger partial charge < -0.3 is 9.84 Å². The lowest BCUT2D eigenvalue weighted by Gasteiger charge is -2.50. The zero-order chi connectivity index (χ0) is 15.2. The van der Waals surface area contributed by atoms with E-state index in [0.717, 1.165) is 12.8 Å². The van der Waals surface area contributed by atoms with Crippen molar-refractivity contribution < 1.29 is 9.84 Å². The van der Waals surface area contributed by atoms with Crippen molar-refractivity contribution in [3.63, 3.8) is 0 Å². The Labute approximate surface area is 128 Å². The van der Waals surface area contributed by atoms with E-state index in [0.29, 0.717) is 18.3 Å². The van der Waals surface area contributed by atoms with Gasteiger partial charge in [0.15, 0.2) is 0 Å². The van der Waals surface area contributed by atoms with E-state index in [1.807, 2.05) is 6.92 Å². The molecular formula is C19H28O2. The zero-order valence-corrected chi connectivity index (χ0v) is 13.7. The summed E-state index contributed by atoms with van der Waals surface area (Å²) in [5.74, 6) is 1.01. The summed E-state index contributed by atoms with van der Waals surface area (Å²) in [4.78, 5) is 0. The lowest BCUT2D eigenvalue weighted by atomic mass is 9.68. The van der Waals surface area contributed by atoms with Crippen molar-refractivity contribution >= 4 is 0 Å². The zero-order valence-electron chi connectivity index (χ0n) is 13.7. The summed E-state index contributed by atoms with van der Waals surface area (Å²) < 4.78 is 6.48. The van der Waals surface area contributed by atoms with E-state index in [1.165, 1.54) is 23.1 Å². The minimum Gasteiger partial charge on any atom is -0.390 e. The molecule has 1 saturated carbocycles. The third-order valence-electron chi connectivity index (χ3n) is 5.65. The van der Waals surface area contributed by atoms with Gasteiger partial charge >= 0.3 is 0 Å². The van der Waals surface area contributed by atoms with Crippen LogP contribution in [0.2, 0.25) is 0 Å². The normalized spacial score (nSPS) is 39.9. The van der Waals surface area contributed by atoms with Crippen LogP contribution in [-0.2, 0) is 4.74 Å². The van der Waals surface area contributed by atoms with E-state index in [1.54, 1.807) is 0 Å². The Morgan fingerprint density at radius 2 is 1.86 bits per heavy atom. The Morgan fingerprint density at radius 3 is 2.52 bits per heavy atom. The molecule has 1 heterocycles. The lowest BCUT2D eigenvalue weighted by Crippen LogP contribution is -2.51. The molecule has 0 radical (unpaired) electrons. The van der Waals surface area contributed by atoms with Gasteiger partial charge in [0.2, 0.25) is 0 Å². The first kappa shape index (κ1) is 15.1. The number of hydrogen-bond acceptors (Lipinski definition) is 2. The predicted molar refractivity (Wildman–Crippen MR) is 85.3 cm³/mol. The van der Waals surface area contributed by atoms with E-state index in [4.69, 9.17) is 4.74 Å². The van der Waals surface area contributed by atoms with Crippen LogP contribution in [0, 0.1) is 25.7 Å². The number of ether oxygens (including phenoxy) is 1. The van der Waals surface area contributed by atoms with Crippen molar-refractivity contribution in [2.45, 2.75) is 71.2 Å².